The summed E-state index contributed by atoms with van der Waals surface area (Å²) in [7, 11) is 0. The topological polar surface area (TPSA) is 20.5 Å². The van der Waals surface area contributed by atoms with E-state index in [-0.39, 0.29) is 0 Å². The molecule has 0 bridgehead atoms. The lowest BCUT2D eigenvalue weighted by Gasteiger charge is -2.43. The number of aryl methyl sites for hydroxylation is 1. The van der Waals surface area contributed by atoms with Crippen LogP contribution in [-0.2, 0) is 6.54 Å². The summed E-state index contributed by atoms with van der Waals surface area (Å²) in [4.78, 5) is 7.54. The first kappa shape index (κ1) is 13.3. The first-order valence-electron chi connectivity index (χ1n) is 8.49. The van der Waals surface area contributed by atoms with Crippen LogP contribution in [0.25, 0.3) is 5.65 Å². The third-order valence-electron chi connectivity index (χ3n) is 5.47. The molecule has 21 heavy (non-hydrogen) atoms. The van der Waals surface area contributed by atoms with Crippen LogP contribution in [0, 0.1) is 12.8 Å². The maximum Gasteiger partial charge on any atom is 0.137 e. The molecular formula is C18H25N3. The molecule has 0 spiro atoms. The van der Waals surface area contributed by atoms with E-state index in [0.717, 1.165) is 24.2 Å². The molecule has 2 aromatic heterocycles. The molecule has 1 aliphatic heterocycles. The summed E-state index contributed by atoms with van der Waals surface area (Å²) >= 11 is 0. The lowest BCUT2D eigenvalue weighted by molar-refractivity contribution is 0.0538. The number of hydrogen-bond acceptors (Lipinski definition) is 2. The largest absolute Gasteiger partial charge is 0.304 e. The second-order valence-corrected chi connectivity index (χ2v) is 6.85. The molecule has 0 N–H and O–H groups in total. The van der Waals surface area contributed by atoms with Crippen LogP contribution in [0.1, 0.15) is 49.9 Å². The number of nitrogens with zero attached hydrogens (tertiary/aromatic N) is 3. The minimum Gasteiger partial charge on any atom is -0.304 e. The summed E-state index contributed by atoms with van der Waals surface area (Å²) in [6.45, 7) is 4.44. The van der Waals surface area contributed by atoms with E-state index in [9.17, 15) is 0 Å². The number of imidazole rings is 1. The van der Waals surface area contributed by atoms with Crippen molar-refractivity contribution in [3.8, 4) is 0 Å². The zero-order valence-electron chi connectivity index (χ0n) is 13.0. The molecule has 1 saturated carbocycles. The number of hydrogen-bond donors (Lipinski definition) is 0. The van der Waals surface area contributed by atoms with Crippen LogP contribution in [0.2, 0.25) is 0 Å². The van der Waals surface area contributed by atoms with E-state index in [0.29, 0.717) is 0 Å². The van der Waals surface area contributed by atoms with Gasteiger partial charge in [0.05, 0.1) is 5.69 Å². The molecule has 0 amide bonds. The Morgan fingerprint density at radius 2 is 2.00 bits per heavy atom. The van der Waals surface area contributed by atoms with Crippen molar-refractivity contribution in [1.29, 1.82) is 0 Å². The Hall–Kier alpha value is -1.35. The zero-order chi connectivity index (χ0) is 14.2. The van der Waals surface area contributed by atoms with E-state index in [1.807, 2.05) is 0 Å². The van der Waals surface area contributed by atoms with Gasteiger partial charge in [-0.3, -0.25) is 4.90 Å². The van der Waals surface area contributed by atoms with Crippen LogP contribution in [0.3, 0.4) is 0 Å². The van der Waals surface area contributed by atoms with Gasteiger partial charge in [0.2, 0.25) is 0 Å². The normalized spacial score (nSPS) is 26.9. The number of rotatable bonds is 2. The number of fused-ring (bicyclic) bond motifs is 2. The van der Waals surface area contributed by atoms with Crippen LogP contribution >= 0.6 is 0 Å². The molecule has 3 nitrogen and oxygen atoms in total. The molecule has 0 radical (unpaired) electrons. The molecule has 0 aromatic carbocycles. The van der Waals surface area contributed by atoms with Crippen LogP contribution in [0.4, 0.5) is 0 Å². The minimum atomic E-state index is 0.818. The summed E-state index contributed by atoms with van der Waals surface area (Å²) in [6, 6.07) is 7.17. The predicted octanol–water partition coefficient (Wildman–Crippen LogP) is 3.80. The highest BCUT2D eigenvalue weighted by Gasteiger charge is 2.33. The van der Waals surface area contributed by atoms with Crippen LogP contribution in [0.15, 0.2) is 24.4 Å². The van der Waals surface area contributed by atoms with Crippen molar-refractivity contribution in [2.45, 2.75) is 58.0 Å². The number of pyridine rings is 1. The highest BCUT2D eigenvalue weighted by molar-refractivity contribution is 5.41. The Kier molecular flexibility index (Phi) is 3.46. The number of aromatic nitrogens is 2. The van der Waals surface area contributed by atoms with Gasteiger partial charge in [0.15, 0.2) is 0 Å². The standard InChI is InChI=1S/C18H25N3/c1-14-6-4-10-18-19-16(13-21(14)18)12-20-11-5-8-15-7-2-3-9-17(15)20/h4,6,10,13,15,17H,2-3,5,7-9,11-12H2,1H3. The number of likely N-dealkylation sites (tertiary alicyclic amines) is 1. The first-order valence-corrected chi connectivity index (χ1v) is 8.49. The highest BCUT2D eigenvalue weighted by atomic mass is 15.2. The molecule has 3 heterocycles. The molecule has 112 valence electrons. The number of piperidine rings is 1. The predicted molar refractivity (Wildman–Crippen MR) is 85.3 cm³/mol. The summed E-state index contributed by atoms with van der Waals surface area (Å²) in [5.74, 6) is 0.950. The van der Waals surface area contributed by atoms with Gasteiger partial charge in [-0.1, -0.05) is 18.9 Å². The average Bonchev–Trinajstić information content (AvgIpc) is 2.92. The van der Waals surface area contributed by atoms with Crippen molar-refractivity contribution in [3.05, 3.63) is 35.8 Å². The molecular weight excluding hydrogens is 258 g/mol. The van der Waals surface area contributed by atoms with Gasteiger partial charge in [0.25, 0.3) is 0 Å². The van der Waals surface area contributed by atoms with Gasteiger partial charge in [-0.25, -0.2) is 4.98 Å². The maximum absolute atomic E-state index is 4.83. The Morgan fingerprint density at radius 1 is 1.14 bits per heavy atom. The van der Waals surface area contributed by atoms with E-state index >= 15 is 0 Å². The van der Waals surface area contributed by atoms with Gasteiger partial charge in [-0.2, -0.15) is 0 Å². The van der Waals surface area contributed by atoms with Crippen molar-refractivity contribution in [1.82, 2.24) is 14.3 Å². The Balaban J connectivity index is 1.57. The second kappa shape index (κ2) is 5.45. The van der Waals surface area contributed by atoms with Crippen molar-refractivity contribution < 1.29 is 0 Å². The van der Waals surface area contributed by atoms with Crippen LogP contribution in [0.5, 0.6) is 0 Å². The van der Waals surface area contributed by atoms with Crippen LogP contribution in [-0.4, -0.2) is 26.9 Å². The fourth-order valence-electron chi connectivity index (χ4n) is 4.41. The van der Waals surface area contributed by atoms with Gasteiger partial charge in [-0.05, 0) is 57.2 Å². The van der Waals surface area contributed by atoms with E-state index < -0.39 is 0 Å². The van der Waals surface area contributed by atoms with Gasteiger partial charge >= 0.3 is 0 Å². The third kappa shape index (κ3) is 2.48. The Morgan fingerprint density at radius 3 is 2.90 bits per heavy atom. The third-order valence-corrected chi connectivity index (χ3v) is 5.47. The van der Waals surface area contributed by atoms with Gasteiger partial charge in [0.1, 0.15) is 5.65 Å². The van der Waals surface area contributed by atoms with E-state index in [4.69, 9.17) is 4.98 Å². The molecule has 4 rings (SSSR count). The van der Waals surface area contributed by atoms with E-state index in [1.54, 1.807) is 0 Å². The SMILES string of the molecule is Cc1cccc2nc(CN3CCCC4CCCCC43)cn12. The molecule has 1 saturated heterocycles. The van der Waals surface area contributed by atoms with E-state index in [1.165, 1.54) is 56.5 Å². The van der Waals surface area contributed by atoms with Crippen molar-refractivity contribution in [3.63, 3.8) is 0 Å². The van der Waals surface area contributed by atoms with Crippen molar-refractivity contribution >= 4 is 5.65 Å². The fraction of sp³-hybridized carbons (Fsp3) is 0.611. The zero-order valence-corrected chi connectivity index (χ0v) is 13.0. The summed E-state index contributed by atoms with van der Waals surface area (Å²) < 4.78 is 2.22. The maximum atomic E-state index is 4.83. The van der Waals surface area contributed by atoms with Gasteiger partial charge in [-0.15, -0.1) is 0 Å². The molecule has 2 aromatic rings. The van der Waals surface area contributed by atoms with Crippen molar-refractivity contribution in [2.75, 3.05) is 6.54 Å². The molecule has 2 unspecified atom stereocenters. The van der Waals surface area contributed by atoms with Gasteiger partial charge < -0.3 is 4.40 Å². The molecule has 1 aliphatic carbocycles. The Bertz CT molecular complexity index is 628. The van der Waals surface area contributed by atoms with Gasteiger partial charge in [0, 0.05) is 24.5 Å². The minimum absolute atomic E-state index is 0.818. The first-order chi connectivity index (χ1) is 10.3. The second-order valence-electron chi connectivity index (χ2n) is 6.85. The quantitative estimate of drug-likeness (QED) is 0.835. The smallest absolute Gasteiger partial charge is 0.137 e. The highest BCUT2D eigenvalue weighted by Crippen LogP contribution is 2.35. The molecule has 3 heteroatoms. The van der Waals surface area contributed by atoms with E-state index in [2.05, 4.69) is 40.6 Å². The van der Waals surface area contributed by atoms with Crippen molar-refractivity contribution in [2.24, 2.45) is 5.92 Å². The lowest BCUT2D eigenvalue weighted by Crippen LogP contribution is -2.46. The fourth-order valence-corrected chi connectivity index (χ4v) is 4.41. The average molecular weight is 283 g/mol. The Labute approximate surface area is 127 Å². The molecule has 2 fully saturated rings. The summed E-state index contributed by atoms with van der Waals surface area (Å²) in [5.41, 5.74) is 3.58. The lowest BCUT2D eigenvalue weighted by atomic mass is 9.78. The monoisotopic (exact) mass is 283 g/mol. The molecule has 2 atom stereocenters. The summed E-state index contributed by atoms with van der Waals surface area (Å²) in [6.07, 6.45) is 10.8. The summed E-state index contributed by atoms with van der Waals surface area (Å²) in [5, 5.41) is 0. The molecule has 2 aliphatic rings. The van der Waals surface area contributed by atoms with Crippen LogP contribution < -0.4 is 0 Å².